The smallest absolute Gasteiger partial charge is 0.339 e. The van der Waals surface area contributed by atoms with Crippen molar-refractivity contribution < 1.29 is 19.1 Å². The molecule has 0 spiro atoms. The standard InChI is InChI=1S/C26H24N2O4/c29-25(27-21-7-9-22(10-8-21)28-12-14-31-15-13-28)19-6-11-23-20(16-19)17-24(32-26(23)30)18-4-2-1-3-5-18/h1-11,16,24H,12-15,17H2,(H,27,29)/t24-/m0/s1. The largest absolute Gasteiger partial charge is 0.454 e. The molecule has 1 fully saturated rings. The molecule has 6 nitrogen and oxygen atoms in total. The Morgan fingerprint density at radius 3 is 2.44 bits per heavy atom. The van der Waals surface area contributed by atoms with Gasteiger partial charge in [0.25, 0.3) is 5.91 Å². The van der Waals surface area contributed by atoms with E-state index in [2.05, 4.69) is 10.2 Å². The monoisotopic (exact) mass is 428 g/mol. The van der Waals surface area contributed by atoms with Crippen LogP contribution in [0.25, 0.3) is 0 Å². The van der Waals surface area contributed by atoms with Gasteiger partial charge in [0.2, 0.25) is 0 Å². The number of morpholine rings is 1. The number of cyclic esters (lactones) is 1. The van der Waals surface area contributed by atoms with Gasteiger partial charge in [-0.25, -0.2) is 4.79 Å². The lowest BCUT2D eigenvalue weighted by molar-refractivity contribution is 0.0252. The van der Waals surface area contributed by atoms with Crippen molar-refractivity contribution in [2.75, 3.05) is 36.5 Å². The average molecular weight is 428 g/mol. The molecule has 2 aliphatic rings. The summed E-state index contributed by atoms with van der Waals surface area (Å²) in [5, 5.41) is 2.95. The van der Waals surface area contributed by atoms with Crippen molar-refractivity contribution in [1.29, 1.82) is 0 Å². The molecule has 0 unspecified atom stereocenters. The number of esters is 1. The normalized spacial score (nSPS) is 17.9. The van der Waals surface area contributed by atoms with E-state index in [1.54, 1.807) is 18.2 Å². The summed E-state index contributed by atoms with van der Waals surface area (Å²) in [4.78, 5) is 27.6. The van der Waals surface area contributed by atoms with Gasteiger partial charge in [-0.2, -0.15) is 0 Å². The van der Waals surface area contributed by atoms with E-state index in [0.717, 1.165) is 48.8 Å². The summed E-state index contributed by atoms with van der Waals surface area (Å²) in [5.74, 6) is -0.562. The summed E-state index contributed by atoms with van der Waals surface area (Å²) in [6.07, 6.45) is 0.197. The van der Waals surface area contributed by atoms with E-state index in [1.807, 2.05) is 54.6 Å². The van der Waals surface area contributed by atoms with Crippen LogP contribution in [0.3, 0.4) is 0 Å². The molecule has 0 aliphatic carbocycles. The van der Waals surface area contributed by atoms with Crippen LogP contribution in [0, 0.1) is 0 Å². The number of carbonyl (C=O) groups is 2. The number of fused-ring (bicyclic) bond motifs is 1. The molecule has 1 amide bonds. The van der Waals surface area contributed by atoms with Gasteiger partial charge in [-0.1, -0.05) is 30.3 Å². The predicted molar refractivity (Wildman–Crippen MR) is 122 cm³/mol. The lowest BCUT2D eigenvalue weighted by Gasteiger charge is -2.28. The number of nitrogens with zero attached hydrogens (tertiary/aromatic N) is 1. The number of carbonyl (C=O) groups excluding carboxylic acids is 2. The van der Waals surface area contributed by atoms with Crippen molar-refractivity contribution in [3.63, 3.8) is 0 Å². The molecule has 6 heteroatoms. The SMILES string of the molecule is O=C(Nc1ccc(N2CCOCC2)cc1)c1ccc2c(c1)C[C@@H](c1ccccc1)OC2=O. The zero-order chi connectivity index (χ0) is 21.9. The van der Waals surface area contributed by atoms with Crippen LogP contribution in [-0.4, -0.2) is 38.2 Å². The van der Waals surface area contributed by atoms with Crippen molar-refractivity contribution in [3.8, 4) is 0 Å². The molecule has 0 aromatic heterocycles. The van der Waals surface area contributed by atoms with Gasteiger partial charge in [0, 0.05) is 36.4 Å². The van der Waals surface area contributed by atoms with Crippen molar-refractivity contribution >= 4 is 23.3 Å². The van der Waals surface area contributed by atoms with Crippen LogP contribution in [0.15, 0.2) is 72.8 Å². The predicted octanol–water partition coefficient (Wildman–Crippen LogP) is 4.23. The van der Waals surface area contributed by atoms with E-state index < -0.39 is 0 Å². The Morgan fingerprint density at radius 2 is 1.69 bits per heavy atom. The number of hydrogen-bond acceptors (Lipinski definition) is 5. The fourth-order valence-electron chi connectivity index (χ4n) is 4.17. The fraction of sp³-hybridized carbons (Fsp3) is 0.231. The number of benzene rings is 3. The van der Waals surface area contributed by atoms with Crippen LogP contribution in [0.4, 0.5) is 11.4 Å². The Hall–Kier alpha value is -3.64. The summed E-state index contributed by atoms with van der Waals surface area (Å²) >= 11 is 0. The van der Waals surface area contributed by atoms with Gasteiger partial charge in [-0.05, 0) is 53.6 Å². The first-order valence-electron chi connectivity index (χ1n) is 10.8. The molecule has 3 aromatic rings. The maximum absolute atomic E-state index is 12.9. The third-order valence-corrected chi connectivity index (χ3v) is 5.91. The van der Waals surface area contributed by atoms with Crippen molar-refractivity contribution in [2.24, 2.45) is 0 Å². The molecule has 2 aliphatic heterocycles. The zero-order valence-corrected chi connectivity index (χ0v) is 17.6. The molecule has 0 radical (unpaired) electrons. The van der Waals surface area contributed by atoms with E-state index in [9.17, 15) is 9.59 Å². The molecule has 162 valence electrons. The van der Waals surface area contributed by atoms with Crippen LogP contribution in [0.1, 0.15) is 37.9 Å². The second kappa shape index (κ2) is 8.85. The van der Waals surface area contributed by atoms with Gasteiger partial charge in [-0.15, -0.1) is 0 Å². The third kappa shape index (κ3) is 4.22. The molecular weight excluding hydrogens is 404 g/mol. The third-order valence-electron chi connectivity index (χ3n) is 5.91. The van der Waals surface area contributed by atoms with E-state index in [-0.39, 0.29) is 18.0 Å². The number of ether oxygens (including phenoxy) is 2. The van der Waals surface area contributed by atoms with Gasteiger partial charge >= 0.3 is 5.97 Å². The van der Waals surface area contributed by atoms with E-state index >= 15 is 0 Å². The minimum atomic E-state index is -0.356. The molecule has 1 saturated heterocycles. The molecule has 1 N–H and O–H groups in total. The molecule has 5 rings (SSSR count). The first-order chi connectivity index (χ1) is 15.7. The highest BCUT2D eigenvalue weighted by Gasteiger charge is 2.28. The Bertz CT molecular complexity index is 1120. The summed E-state index contributed by atoms with van der Waals surface area (Å²) in [6, 6.07) is 22.6. The lowest BCUT2D eigenvalue weighted by atomic mass is 9.93. The zero-order valence-electron chi connectivity index (χ0n) is 17.6. The second-order valence-corrected chi connectivity index (χ2v) is 7.98. The van der Waals surface area contributed by atoms with E-state index in [0.29, 0.717) is 17.5 Å². The maximum atomic E-state index is 12.9. The Kier molecular flexibility index (Phi) is 5.60. The van der Waals surface area contributed by atoms with Crippen molar-refractivity contribution in [3.05, 3.63) is 95.1 Å². The van der Waals surface area contributed by atoms with Gasteiger partial charge in [0.15, 0.2) is 0 Å². The first-order valence-corrected chi connectivity index (χ1v) is 10.8. The molecule has 32 heavy (non-hydrogen) atoms. The summed E-state index contributed by atoms with van der Waals surface area (Å²) in [7, 11) is 0. The van der Waals surface area contributed by atoms with Crippen LogP contribution in [0.5, 0.6) is 0 Å². The van der Waals surface area contributed by atoms with Crippen molar-refractivity contribution in [2.45, 2.75) is 12.5 Å². The summed E-state index contributed by atoms with van der Waals surface area (Å²) in [5.41, 5.74) is 4.65. The van der Waals surface area contributed by atoms with Crippen LogP contribution in [0.2, 0.25) is 0 Å². The minimum Gasteiger partial charge on any atom is -0.454 e. The molecule has 3 aromatic carbocycles. The van der Waals surface area contributed by atoms with Crippen molar-refractivity contribution in [1.82, 2.24) is 0 Å². The molecule has 0 saturated carbocycles. The van der Waals surface area contributed by atoms with Gasteiger partial charge in [0.05, 0.1) is 18.8 Å². The highest BCUT2D eigenvalue weighted by molar-refractivity contribution is 6.05. The molecule has 1 atom stereocenters. The topological polar surface area (TPSA) is 67.9 Å². The minimum absolute atomic E-state index is 0.206. The molecular formula is C26H24N2O4. The van der Waals surface area contributed by atoms with E-state index in [4.69, 9.17) is 9.47 Å². The first kappa shape index (κ1) is 20.3. The Balaban J connectivity index is 1.30. The number of hydrogen-bond donors (Lipinski definition) is 1. The lowest BCUT2D eigenvalue weighted by Crippen LogP contribution is -2.36. The van der Waals surface area contributed by atoms with Gasteiger partial charge in [-0.3, -0.25) is 4.79 Å². The average Bonchev–Trinajstić information content (AvgIpc) is 2.85. The van der Waals surface area contributed by atoms with Crippen LogP contribution < -0.4 is 10.2 Å². The number of nitrogens with one attached hydrogen (secondary N) is 1. The summed E-state index contributed by atoms with van der Waals surface area (Å²) in [6.45, 7) is 3.20. The Labute approximate surface area is 186 Å². The fourth-order valence-corrected chi connectivity index (χ4v) is 4.17. The quantitative estimate of drug-likeness (QED) is 0.630. The maximum Gasteiger partial charge on any atom is 0.339 e. The number of anilines is 2. The Morgan fingerprint density at radius 1 is 0.938 bits per heavy atom. The molecule has 2 heterocycles. The highest BCUT2D eigenvalue weighted by atomic mass is 16.5. The van der Waals surface area contributed by atoms with Crippen LogP contribution in [-0.2, 0) is 15.9 Å². The van der Waals surface area contributed by atoms with Crippen LogP contribution >= 0.6 is 0 Å². The highest BCUT2D eigenvalue weighted by Crippen LogP contribution is 2.31. The molecule has 0 bridgehead atoms. The number of amides is 1. The van der Waals surface area contributed by atoms with E-state index in [1.165, 1.54) is 0 Å². The summed E-state index contributed by atoms with van der Waals surface area (Å²) < 4.78 is 11.0. The van der Waals surface area contributed by atoms with Gasteiger partial charge in [0.1, 0.15) is 6.10 Å². The van der Waals surface area contributed by atoms with Gasteiger partial charge < -0.3 is 19.7 Å². The second-order valence-electron chi connectivity index (χ2n) is 7.98. The number of rotatable bonds is 4.